The highest BCUT2D eigenvalue weighted by molar-refractivity contribution is 5.95. The number of nitrogens with zero attached hydrogens (tertiary/aromatic N) is 2. The van der Waals surface area contributed by atoms with E-state index in [1.54, 1.807) is 30.8 Å². The smallest absolute Gasteiger partial charge is 0.268 e. The van der Waals surface area contributed by atoms with Gasteiger partial charge >= 0.3 is 0 Å². The molecular weight excluding hydrogens is 444 g/mol. The van der Waals surface area contributed by atoms with Gasteiger partial charge in [-0.3, -0.25) is 14.0 Å². The molecule has 8 nitrogen and oxygen atoms in total. The van der Waals surface area contributed by atoms with Crippen molar-refractivity contribution in [2.24, 2.45) is 0 Å². The number of nitrogens with one attached hydrogen (secondary N) is 2. The van der Waals surface area contributed by atoms with Crippen LogP contribution in [0.3, 0.4) is 0 Å². The number of amides is 1. The molecular formula is C27H30N4O4. The normalized spacial score (nSPS) is 11.1. The van der Waals surface area contributed by atoms with E-state index < -0.39 is 0 Å². The van der Waals surface area contributed by atoms with Crippen LogP contribution < -0.4 is 20.3 Å². The number of aromatic nitrogens is 3. The predicted molar refractivity (Wildman–Crippen MR) is 135 cm³/mol. The molecule has 0 aliphatic heterocycles. The number of hydrogen-bond donors (Lipinski definition) is 2. The zero-order chi connectivity index (χ0) is 25.1. The van der Waals surface area contributed by atoms with Crippen molar-refractivity contribution in [3.05, 3.63) is 81.8 Å². The number of carbonyl (C=O) groups is 1. The maximum atomic E-state index is 13.4. The van der Waals surface area contributed by atoms with Crippen molar-refractivity contribution in [2.75, 3.05) is 13.7 Å². The molecule has 0 radical (unpaired) electrons. The first kappa shape index (κ1) is 24.1. The lowest BCUT2D eigenvalue weighted by atomic mass is 10.0. The number of benzene rings is 1. The SMILES string of the molecule is CCOc1cc(C)[nH]c(=O)c1CNC(=O)c1cc(-c2ccc(OC)cc2)cc2c(C(C)C)ncn12. The number of H-pyrrole nitrogens is 1. The van der Waals surface area contributed by atoms with Gasteiger partial charge in [0, 0.05) is 5.69 Å². The molecule has 3 aromatic heterocycles. The van der Waals surface area contributed by atoms with Gasteiger partial charge in [0.25, 0.3) is 11.5 Å². The van der Waals surface area contributed by atoms with Gasteiger partial charge < -0.3 is 19.8 Å². The maximum Gasteiger partial charge on any atom is 0.268 e. The molecule has 4 aromatic rings. The van der Waals surface area contributed by atoms with E-state index in [1.807, 2.05) is 43.3 Å². The lowest BCUT2D eigenvalue weighted by Crippen LogP contribution is -2.29. The van der Waals surface area contributed by atoms with E-state index in [0.29, 0.717) is 29.3 Å². The zero-order valence-electron chi connectivity index (χ0n) is 20.6. The average molecular weight is 475 g/mol. The van der Waals surface area contributed by atoms with Gasteiger partial charge in [0.05, 0.1) is 37.0 Å². The molecule has 3 heterocycles. The summed E-state index contributed by atoms with van der Waals surface area (Å²) in [7, 11) is 1.63. The summed E-state index contributed by atoms with van der Waals surface area (Å²) in [4.78, 5) is 33.3. The Morgan fingerprint density at radius 1 is 1.14 bits per heavy atom. The number of hydrogen-bond acceptors (Lipinski definition) is 5. The third kappa shape index (κ3) is 4.91. The van der Waals surface area contributed by atoms with E-state index in [2.05, 4.69) is 29.1 Å². The second-order valence-electron chi connectivity index (χ2n) is 8.64. The van der Waals surface area contributed by atoms with Crippen molar-refractivity contribution in [3.8, 4) is 22.6 Å². The number of pyridine rings is 2. The molecule has 1 amide bonds. The van der Waals surface area contributed by atoms with Crippen molar-refractivity contribution in [1.82, 2.24) is 19.7 Å². The van der Waals surface area contributed by atoms with Gasteiger partial charge in [0.15, 0.2) is 0 Å². The van der Waals surface area contributed by atoms with Crippen LogP contribution in [0.15, 0.2) is 53.6 Å². The molecule has 0 fully saturated rings. The van der Waals surface area contributed by atoms with E-state index >= 15 is 0 Å². The van der Waals surface area contributed by atoms with Gasteiger partial charge in [0.2, 0.25) is 0 Å². The molecule has 0 saturated carbocycles. The molecule has 35 heavy (non-hydrogen) atoms. The Balaban J connectivity index is 1.74. The number of rotatable bonds is 8. The summed E-state index contributed by atoms with van der Waals surface area (Å²) in [5.41, 5.74) is 4.82. The molecule has 0 unspecified atom stereocenters. The first-order valence-electron chi connectivity index (χ1n) is 11.6. The number of aromatic amines is 1. The Morgan fingerprint density at radius 2 is 1.89 bits per heavy atom. The number of carbonyl (C=O) groups excluding carboxylic acids is 1. The van der Waals surface area contributed by atoms with E-state index in [0.717, 1.165) is 28.1 Å². The van der Waals surface area contributed by atoms with Crippen LogP contribution >= 0.6 is 0 Å². The van der Waals surface area contributed by atoms with Gasteiger partial charge in [-0.15, -0.1) is 0 Å². The van der Waals surface area contributed by atoms with Gasteiger partial charge in [-0.1, -0.05) is 26.0 Å². The lowest BCUT2D eigenvalue weighted by molar-refractivity contribution is 0.0944. The second kappa shape index (κ2) is 10.0. The highest BCUT2D eigenvalue weighted by Crippen LogP contribution is 2.29. The molecule has 0 spiro atoms. The van der Waals surface area contributed by atoms with Crippen LogP contribution in [0.25, 0.3) is 16.6 Å². The summed E-state index contributed by atoms with van der Waals surface area (Å²) in [5.74, 6) is 1.09. The Labute approximate surface area is 203 Å². The number of fused-ring (bicyclic) bond motifs is 1. The van der Waals surface area contributed by atoms with Crippen LogP contribution in [0.2, 0.25) is 0 Å². The molecule has 0 atom stereocenters. The average Bonchev–Trinajstić information content (AvgIpc) is 3.27. The van der Waals surface area contributed by atoms with Crippen LogP contribution in [-0.2, 0) is 6.54 Å². The highest BCUT2D eigenvalue weighted by atomic mass is 16.5. The summed E-state index contributed by atoms with van der Waals surface area (Å²) in [6, 6.07) is 13.3. The van der Waals surface area contributed by atoms with Gasteiger partial charge in [0.1, 0.15) is 23.5 Å². The summed E-state index contributed by atoms with van der Waals surface area (Å²) >= 11 is 0. The Hall–Kier alpha value is -4.07. The first-order chi connectivity index (χ1) is 16.8. The number of ether oxygens (including phenoxy) is 2. The summed E-state index contributed by atoms with van der Waals surface area (Å²) < 4.78 is 12.7. The second-order valence-corrected chi connectivity index (χ2v) is 8.64. The van der Waals surface area contributed by atoms with Crippen molar-refractivity contribution >= 4 is 11.4 Å². The lowest BCUT2D eigenvalue weighted by Gasteiger charge is -2.14. The third-order valence-corrected chi connectivity index (χ3v) is 5.84. The van der Waals surface area contributed by atoms with Crippen LogP contribution in [0.5, 0.6) is 11.5 Å². The molecule has 4 rings (SSSR count). The minimum Gasteiger partial charge on any atom is -0.497 e. The number of aryl methyl sites for hydroxylation is 1. The Bertz CT molecular complexity index is 1420. The molecule has 0 bridgehead atoms. The van der Waals surface area contributed by atoms with Crippen LogP contribution in [0.4, 0.5) is 0 Å². The fraction of sp³-hybridized carbons (Fsp3) is 0.296. The fourth-order valence-electron chi connectivity index (χ4n) is 4.08. The zero-order valence-corrected chi connectivity index (χ0v) is 20.6. The predicted octanol–water partition coefficient (Wildman–Crippen LogP) is 4.46. The summed E-state index contributed by atoms with van der Waals surface area (Å²) in [6.07, 6.45) is 1.67. The Morgan fingerprint density at radius 3 is 2.54 bits per heavy atom. The Kier molecular flexibility index (Phi) is 6.91. The van der Waals surface area contributed by atoms with Crippen LogP contribution in [0, 0.1) is 6.92 Å². The fourth-order valence-corrected chi connectivity index (χ4v) is 4.08. The van der Waals surface area contributed by atoms with Crippen molar-refractivity contribution in [3.63, 3.8) is 0 Å². The number of imidazole rings is 1. The molecule has 0 aliphatic rings. The van der Waals surface area contributed by atoms with Crippen molar-refractivity contribution in [1.29, 1.82) is 0 Å². The van der Waals surface area contributed by atoms with Gasteiger partial charge in [-0.2, -0.15) is 0 Å². The summed E-state index contributed by atoms with van der Waals surface area (Å²) in [5, 5.41) is 2.89. The molecule has 0 saturated heterocycles. The van der Waals surface area contributed by atoms with Crippen molar-refractivity contribution in [2.45, 2.75) is 40.2 Å². The topological polar surface area (TPSA) is 97.7 Å². The third-order valence-electron chi connectivity index (χ3n) is 5.84. The first-order valence-corrected chi connectivity index (χ1v) is 11.6. The van der Waals surface area contributed by atoms with E-state index in [1.165, 1.54) is 0 Å². The molecule has 2 N–H and O–H groups in total. The minimum atomic E-state index is -0.319. The molecule has 1 aromatic carbocycles. The quantitative estimate of drug-likeness (QED) is 0.393. The standard InChI is InChI=1S/C27H30N4O4/c1-6-35-24-11-17(4)30-26(32)21(24)14-28-27(33)23-13-19(18-7-9-20(34-5)10-8-18)12-22-25(16(2)3)29-15-31(22)23/h7-13,15-16H,6,14H2,1-5H3,(H,28,33)(H,30,32). The highest BCUT2D eigenvalue weighted by Gasteiger charge is 2.19. The molecule has 0 aliphatic carbocycles. The molecule has 8 heteroatoms. The summed E-state index contributed by atoms with van der Waals surface area (Å²) in [6.45, 7) is 8.23. The maximum absolute atomic E-state index is 13.4. The van der Waals surface area contributed by atoms with E-state index in [4.69, 9.17) is 9.47 Å². The number of methoxy groups -OCH3 is 1. The monoisotopic (exact) mass is 474 g/mol. The van der Waals surface area contributed by atoms with E-state index in [-0.39, 0.29) is 23.9 Å². The largest absolute Gasteiger partial charge is 0.497 e. The van der Waals surface area contributed by atoms with Crippen LogP contribution in [0.1, 0.15) is 54.1 Å². The molecule has 182 valence electrons. The van der Waals surface area contributed by atoms with Crippen LogP contribution in [-0.4, -0.2) is 34.0 Å². The van der Waals surface area contributed by atoms with Gasteiger partial charge in [-0.25, -0.2) is 4.98 Å². The van der Waals surface area contributed by atoms with Crippen molar-refractivity contribution < 1.29 is 14.3 Å². The van der Waals surface area contributed by atoms with E-state index in [9.17, 15) is 9.59 Å². The minimum absolute atomic E-state index is 0.0315. The van der Waals surface area contributed by atoms with Gasteiger partial charge in [-0.05, 0) is 61.2 Å².